The Morgan fingerprint density at radius 1 is 1.29 bits per heavy atom. The van der Waals surface area contributed by atoms with Gasteiger partial charge in [-0.2, -0.15) is 0 Å². The molecule has 2 aromatic heterocycles. The average Bonchev–Trinajstić information content (AvgIpc) is 2.87. The molecule has 0 atom stereocenters. The number of nitrogens with zero attached hydrogens (tertiary/aromatic N) is 2. The maximum Gasteiger partial charge on any atom is 0.152 e. The second-order valence-electron chi connectivity index (χ2n) is 4.57. The Balaban J connectivity index is 2.30. The van der Waals surface area contributed by atoms with Crippen LogP contribution in [0.25, 0.3) is 10.0 Å². The van der Waals surface area contributed by atoms with Crippen molar-refractivity contribution >= 4 is 22.7 Å². The lowest BCUT2D eigenvalue weighted by atomic mass is 10.1. The third-order valence-corrected chi connectivity index (χ3v) is 4.51. The van der Waals surface area contributed by atoms with Crippen molar-refractivity contribution in [2.75, 3.05) is 0 Å². The van der Waals surface area contributed by atoms with Crippen molar-refractivity contribution in [1.82, 2.24) is 9.97 Å². The minimum Gasteiger partial charge on any atom is -0.242 e. The van der Waals surface area contributed by atoms with Crippen LogP contribution in [0.1, 0.15) is 37.8 Å². The first-order chi connectivity index (χ1) is 8.20. The lowest BCUT2D eigenvalue weighted by Gasteiger charge is -2.03. The molecular formula is C13H18N2S2. The summed E-state index contributed by atoms with van der Waals surface area (Å²) in [6.07, 6.45) is 5.23. The maximum atomic E-state index is 4.76. The summed E-state index contributed by atoms with van der Waals surface area (Å²) in [5.41, 5.74) is 1.29. The van der Waals surface area contributed by atoms with E-state index in [1.54, 1.807) is 11.3 Å². The van der Waals surface area contributed by atoms with Crippen molar-refractivity contribution in [2.45, 2.75) is 40.0 Å². The molecule has 0 spiro atoms. The quantitative estimate of drug-likeness (QED) is 0.800. The molecule has 17 heavy (non-hydrogen) atoms. The van der Waals surface area contributed by atoms with Crippen molar-refractivity contribution in [2.24, 2.45) is 5.92 Å². The molecule has 0 N–H and O–H groups in total. The predicted molar refractivity (Wildman–Crippen MR) is 75.8 cm³/mol. The van der Waals surface area contributed by atoms with Gasteiger partial charge in [-0.25, -0.2) is 9.97 Å². The van der Waals surface area contributed by atoms with E-state index in [0.717, 1.165) is 29.3 Å². The smallest absolute Gasteiger partial charge is 0.152 e. The van der Waals surface area contributed by atoms with Crippen molar-refractivity contribution < 1.29 is 0 Å². The average molecular weight is 266 g/mol. The monoisotopic (exact) mass is 266 g/mol. The topological polar surface area (TPSA) is 25.8 Å². The summed E-state index contributed by atoms with van der Waals surface area (Å²) in [6, 6.07) is 0. The summed E-state index contributed by atoms with van der Waals surface area (Å²) < 4.78 is 0. The first-order valence-corrected chi connectivity index (χ1v) is 7.78. The first-order valence-electron chi connectivity index (χ1n) is 6.09. The van der Waals surface area contributed by atoms with Crippen LogP contribution in [0.2, 0.25) is 0 Å². The van der Waals surface area contributed by atoms with Crippen LogP contribution in [0.3, 0.4) is 0 Å². The van der Waals surface area contributed by atoms with Crippen LogP contribution < -0.4 is 0 Å². The second kappa shape index (κ2) is 5.74. The van der Waals surface area contributed by atoms with Gasteiger partial charge >= 0.3 is 0 Å². The van der Waals surface area contributed by atoms with E-state index in [9.17, 15) is 0 Å². The van der Waals surface area contributed by atoms with Gasteiger partial charge in [0.1, 0.15) is 0 Å². The van der Waals surface area contributed by atoms with Gasteiger partial charge in [0, 0.05) is 16.5 Å². The molecule has 0 aliphatic carbocycles. The Morgan fingerprint density at radius 3 is 2.71 bits per heavy atom. The van der Waals surface area contributed by atoms with Gasteiger partial charge in [-0.05, 0) is 18.8 Å². The van der Waals surface area contributed by atoms with E-state index in [0.29, 0.717) is 5.92 Å². The number of thiazole rings is 2. The summed E-state index contributed by atoms with van der Waals surface area (Å²) in [7, 11) is 0. The van der Waals surface area contributed by atoms with Crippen LogP contribution in [0, 0.1) is 5.92 Å². The molecule has 0 radical (unpaired) electrons. The van der Waals surface area contributed by atoms with Gasteiger partial charge in [0.2, 0.25) is 0 Å². The van der Waals surface area contributed by atoms with E-state index in [-0.39, 0.29) is 0 Å². The number of aryl methyl sites for hydroxylation is 1. The SMILES string of the molecule is CCCc1nc(-c2nccs2)sc1CC(C)C. The Labute approximate surface area is 111 Å². The highest BCUT2D eigenvalue weighted by Crippen LogP contribution is 2.31. The molecule has 0 saturated heterocycles. The molecule has 2 heterocycles. The van der Waals surface area contributed by atoms with Crippen molar-refractivity contribution in [1.29, 1.82) is 0 Å². The van der Waals surface area contributed by atoms with E-state index < -0.39 is 0 Å². The molecule has 0 aromatic carbocycles. The maximum absolute atomic E-state index is 4.76. The highest BCUT2D eigenvalue weighted by molar-refractivity contribution is 7.20. The van der Waals surface area contributed by atoms with Crippen LogP contribution in [0.4, 0.5) is 0 Å². The van der Waals surface area contributed by atoms with E-state index in [2.05, 4.69) is 25.8 Å². The number of rotatable bonds is 5. The van der Waals surface area contributed by atoms with Crippen LogP contribution in [-0.2, 0) is 12.8 Å². The molecule has 0 unspecified atom stereocenters. The summed E-state index contributed by atoms with van der Waals surface area (Å²) in [6.45, 7) is 6.73. The molecule has 2 nitrogen and oxygen atoms in total. The molecule has 0 amide bonds. The molecule has 0 bridgehead atoms. The van der Waals surface area contributed by atoms with Gasteiger partial charge in [-0.1, -0.05) is 27.2 Å². The zero-order valence-electron chi connectivity index (χ0n) is 10.6. The van der Waals surface area contributed by atoms with Gasteiger partial charge in [-0.3, -0.25) is 0 Å². The van der Waals surface area contributed by atoms with Gasteiger partial charge in [0.05, 0.1) is 5.69 Å². The fourth-order valence-electron chi connectivity index (χ4n) is 1.77. The molecular weight excluding hydrogens is 248 g/mol. The van der Waals surface area contributed by atoms with E-state index >= 15 is 0 Å². The summed E-state index contributed by atoms with van der Waals surface area (Å²) >= 11 is 3.49. The lowest BCUT2D eigenvalue weighted by Crippen LogP contribution is -1.96. The van der Waals surface area contributed by atoms with Gasteiger partial charge in [-0.15, -0.1) is 22.7 Å². The highest BCUT2D eigenvalue weighted by Gasteiger charge is 2.14. The predicted octanol–water partition coefficient (Wildman–Crippen LogP) is 4.42. The lowest BCUT2D eigenvalue weighted by molar-refractivity contribution is 0.647. The Morgan fingerprint density at radius 2 is 2.12 bits per heavy atom. The van der Waals surface area contributed by atoms with E-state index in [4.69, 9.17) is 4.98 Å². The zero-order valence-corrected chi connectivity index (χ0v) is 12.2. The van der Waals surface area contributed by atoms with E-state index in [1.807, 2.05) is 22.9 Å². The third kappa shape index (κ3) is 3.13. The Hall–Kier alpha value is -0.740. The third-order valence-electron chi connectivity index (χ3n) is 2.47. The van der Waals surface area contributed by atoms with Crippen LogP contribution in [-0.4, -0.2) is 9.97 Å². The fourth-order valence-corrected chi connectivity index (χ4v) is 3.77. The van der Waals surface area contributed by atoms with Crippen molar-refractivity contribution in [3.8, 4) is 10.0 Å². The van der Waals surface area contributed by atoms with Crippen LogP contribution in [0.15, 0.2) is 11.6 Å². The first kappa shape index (κ1) is 12.7. The van der Waals surface area contributed by atoms with Crippen molar-refractivity contribution in [3.05, 3.63) is 22.1 Å². The van der Waals surface area contributed by atoms with Crippen LogP contribution >= 0.6 is 22.7 Å². The van der Waals surface area contributed by atoms with Gasteiger partial charge in [0.15, 0.2) is 10.0 Å². The standard InChI is InChI=1S/C13H18N2S2/c1-4-5-10-11(8-9(2)3)17-13(15-10)12-14-6-7-16-12/h6-7,9H,4-5,8H2,1-3H3. The summed E-state index contributed by atoms with van der Waals surface area (Å²) in [4.78, 5) is 10.6. The molecule has 2 rings (SSSR count). The number of aromatic nitrogens is 2. The highest BCUT2D eigenvalue weighted by atomic mass is 32.1. The van der Waals surface area contributed by atoms with Crippen molar-refractivity contribution in [3.63, 3.8) is 0 Å². The van der Waals surface area contributed by atoms with Crippen LogP contribution in [0.5, 0.6) is 0 Å². The molecule has 0 fully saturated rings. The van der Waals surface area contributed by atoms with E-state index in [1.165, 1.54) is 10.6 Å². The minimum absolute atomic E-state index is 0.690. The number of hydrogen-bond donors (Lipinski definition) is 0. The normalized spacial score (nSPS) is 11.3. The second-order valence-corrected chi connectivity index (χ2v) is 6.55. The Kier molecular flexibility index (Phi) is 4.29. The minimum atomic E-state index is 0.690. The Bertz CT molecular complexity index is 458. The molecule has 0 aliphatic rings. The summed E-state index contributed by atoms with van der Waals surface area (Å²) in [5.74, 6) is 0.690. The molecule has 0 saturated carbocycles. The fraction of sp³-hybridized carbons (Fsp3) is 0.538. The molecule has 4 heteroatoms. The van der Waals surface area contributed by atoms with Gasteiger partial charge < -0.3 is 0 Å². The van der Waals surface area contributed by atoms with Gasteiger partial charge in [0.25, 0.3) is 0 Å². The summed E-state index contributed by atoms with van der Waals surface area (Å²) in [5, 5.41) is 4.17. The molecule has 2 aromatic rings. The molecule has 0 aliphatic heterocycles. The number of hydrogen-bond acceptors (Lipinski definition) is 4. The largest absolute Gasteiger partial charge is 0.242 e. The zero-order chi connectivity index (χ0) is 12.3. The molecule has 92 valence electrons.